The van der Waals surface area contributed by atoms with E-state index in [9.17, 15) is 13.6 Å². The van der Waals surface area contributed by atoms with Crippen LogP contribution in [0.3, 0.4) is 0 Å². The maximum absolute atomic E-state index is 13.8. The van der Waals surface area contributed by atoms with Gasteiger partial charge in [-0.05, 0) is 55.6 Å². The summed E-state index contributed by atoms with van der Waals surface area (Å²) in [7, 11) is 0. The fraction of sp³-hybridized carbons (Fsp3) is 0.562. The summed E-state index contributed by atoms with van der Waals surface area (Å²) in [5.41, 5.74) is -0.383. The Kier molecular flexibility index (Phi) is 5.49. The molecule has 0 radical (unpaired) electrons. The molecule has 1 amide bonds. The van der Waals surface area contributed by atoms with Gasteiger partial charge in [0.2, 0.25) is 0 Å². The molecule has 0 aliphatic carbocycles. The third kappa shape index (κ3) is 5.06. The number of amides is 1. The fourth-order valence-electron chi connectivity index (χ4n) is 2.39. The highest BCUT2D eigenvalue weighted by Gasteiger charge is 2.27. The Bertz CT molecular complexity index is 582. The summed E-state index contributed by atoms with van der Waals surface area (Å²) in [5, 5.41) is 3.01. The second kappa shape index (κ2) is 7.03. The Labute approximate surface area is 143 Å². The number of ether oxygens (including phenoxy) is 1. The van der Waals surface area contributed by atoms with E-state index in [1.165, 1.54) is 0 Å². The summed E-state index contributed by atoms with van der Waals surface area (Å²) in [6.07, 6.45) is 0.962. The summed E-state index contributed by atoms with van der Waals surface area (Å²) in [5.74, 6) is -1.02. The number of halogens is 3. The Morgan fingerprint density at radius 2 is 1.87 bits per heavy atom. The quantitative estimate of drug-likeness (QED) is 0.753. The van der Waals surface area contributed by atoms with Gasteiger partial charge >= 0.3 is 6.09 Å². The molecule has 0 bridgehead atoms. The molecular weight excluding hydrogens is 370 g/mol. The van der Waals surface area contributed by atoms with Gasteiger partial charge in [-0.2, -0.15) is 0 Å². The molecule has 1 aliphatic rings. The third-order valence-corrected chi connectivity index (χ3v) is 4.12. The summed E-state index contributed by atoms with van der Waals surface area (Å²) in [4.78, 5) is 13.6. The van der Waals surface area contributed by atoms with E-state index in [0.29, 0.717) is 25.9 Å². The molecule has 1 N–H and O–H groups in total. The van der Waals surface area contributed by atoms with E-state index in [2.05, 4.69) is 21.2 Å². The van der Waals surface area contributed by atoms with E-state index in [4.69, 9.17) is 4.74 Å². The Balaban J connectivity index is 1.90. The smallest absolute Gasteiger partial charge is 0.410 e. The Hall–Kier alpha value is -1.37. The number of likely N-dealkylation sites (tertiary alicyclic amines) is 1. The molecule has 4 nitrogen and oxygen atoms in total. The van der Waals surface area contributed by atoms with Crippen LogP contribution in [0.2, 0.25) is 0 Å². The number of hydrogen-bond donors (Lipinski definition) is 1. The highest BCUT2D eigenvalue weighted by Crippen LogP contribution is 2.25. The Morgan fingerprint density at radius 1 is 1.26 bits per heavy atom. The molecule has 1 aromatic rings. The number of anilines is 1. The summed E-state index contributed by atoms with van der Waals surface area (Å²) in [6.45, 7) is 6.51. The number of carbonyl (C=O) groups is 1. The van der Waals surface area contributed by atoms with Crippen molar-refractivity contribution in [2.45, 2.75) is 45.3 Å². The molecule has 2 rings (SSSR count). The second-order valence-electron chi connectivity index (χ2n) is 6.63. The van der Waals surface area contributed by atoms with Gasteiger partial charge in [0.1, 0.15) is 17.2 Å². The topological polar surface area (TPSA) is 41.6 Å². The van der Waals surface area contributed by atoms with Crippen LogP contribution in [0.25, 0.3) is 0 Å². The predicted octanol–water partition coefficient (Wildman–Crippen LogP) is 4.54. The minimum absolute atomic E-state index is 0.0104. The van der Waals surface area contributed by atoms with Gasteiger partial charge in [0.15, 0.2) is 0 Å². The minimum Gasteiger partial charge on any atom is -0.444 e. The van der Waals surface area contributed by atoms with Crippen molar-refractivity contribution in [2.75, 3.05) is 18.4 Å². The zero-order valence-electron chi connectivity index (χ0n) is 13.5. The summed E-state index contributed by atoms with van der Waals surface area (Å²) < 4.78 is 32.8. The molecule has 0 atom stereocenters. The zero-order chi connectivity index (χ0) is 17.2. The average Bonchev–Trinajstić information content (AvgIpc) is 2.43. The van der Waals surface area contributed by atoms with E-state index in [0.717, 1.165) is 12.1 Å². The van der Waals surface area contributed by atoms with Crippen LogP contribution in [-0.2, 0) is 4.74 Å². The van der Waals surface area contributed by atoms with Crippen LogP contribution in [0.15, 0.2) is 16.6 Å². The molecule has 1 heterocycles. The van der Waals surface area contributed by atoms with Gasteiger partial charge in [0.25, 0.3) is 0 Å². The lowest BCUT2D eigenvalue weighted by molar-refractivity contribution is 0.0210. The minimum atomic E-state index is -0.524. The van der Waals surface area contributed by atoms with Crippen LogP contribution >= 0.6 is 15.9 Å². The van der Waals surface area contributed by atoms with Gasteiger partial charge in [-0.3, -0.25) is 0 Å². The molecule has 0 spiro atoms. The first-order valence-corrected chi connectivity index (χ1v) is 8.34. The number of nitrogens with one attached hydrogen (secondary N) is 1. The molecule has 1 aliphatic heterocycles. The average molecular weight is 391 g/mol. The van der Waals surface area contributed by atoms with Crippen LogP contribution in [0, 0.1) is 11.6 Å². The van der Waals surface area contributed by atoms with E-state index in [1.54, 1.807) is 4.90 Å². The van der Waals surface area contributed by atoms with Crippen molar-refractivity contribution >= 4 is 27.7 Å². The molecule has 0 unspecified atom stereocenters. The monoisotopic (exact) mass is 390 g/mol. The van der Waals surface area contributed by atoms with Crippen molar-refractivity contribution < 1.29 is 18.3 Å². The predicted molar refractivity (Wildman–Crippen MR) is 88.5 cm³/mol. The van der Waals surface area contributed by atoms with Gasteiger partial charge in [0.05, 0.1) is 10.2 Å². The van der Waals surface area contributed by atoms with Crippen LogP contribution in [-0.4, -0.2) is 35.7 Å². The molecule has 23 heavy (non-hydrogen) atoms. The highest BCUT2D eigenvalue weighted by atomic mass is 79.9. The van der Waals surface area contributed by atoms with E-state index < -0.39 is 17.2 Å². The van der Waals surface area contributed by atoms with Gasteiger partial charge in [-0.1, -0.05) is 0 Å². The fourth-order valence-corrected chi connectivity index (χ4v) is 2.70. The molecule has 0 saturated carbocycles. The number of hydrogen-bond acceptors (Lipinski definition) is 3. The zero-order valence-corrected chi connectivity index (χ0v) is 15.0. The highest BCUT2D eigenvalue weighted by molar-refractivity contribution is 9.10. The molecular formula is C16H21BrF2N2O2. The van der Waals surface area contributed by atoms with Crippen molar-refractivity contribution in [3.63, 3.8) is 0 Å². The molecule has 128 valence electrons. The first-order chi connectivity index (χ1) is 10.7. The van der Waals surface area contributed by atoms with Crippen molar-refractivity contribution in [1.29, 1.82) is 0 Å². The summed E-state index contributed by atoms with van der Waals surface area (Å²) >= 11 is 2.95. The number of rotatable bonds is 2. The number of benzene rings is 1. The van der Waals surface area contributed by atoms with Crippen molar-refractivity contribution in [3.05, 3.63) is 28.2 Å². The maximum Gasteiger partial charge on any atom is 0.410 e. The lowest BCUT2D eigenvalue weighted by Crippen LogP contribution is -2.44. The largest absolute Gasteiger partial charge is 0.444 e. The van der Waals surface area contributed by atoms with Crippen molar-refractivity contribution in [3.8, 4) is 0 Å². The maximum atomic E-state index is 13.8. The van der Waals surface area contributed by atoms with Crippen LogP contribution < -0.4 is 5.32 Å². The number of nitrogens with zero attached hydrogens (tertiary/aromatic N) is 1. The van der Waals surface area contributed by atoms with Crippen molar-refractivity contribution in [2.24, 2.45) is 0 Å². The number of carbonyl (C=O) groups excluding carboxylic acids is 1. The third-order valence-electron chi connectivity index (χ3n) is 3.52. The van der Waals surface area contributed by atoms with Crippen molar-refractivity contribution in [1.82, 2.24) is 4.90 Å². The summed E-state index contributed by atoms with van der Waals surface area (Å²) in [6, 6.07) is 2.23. The van der Waals surface area contributed by atoms with E-state index >= 15 is 0 Å². The van der Waals surface area contributed by atoms with Gasteiger partial charge in [0, 0.05) is 25.2 Å². The molecule has 0 aromatic heterocycles. The van der Waals surface area contributed by atoms with Gasteiger partial charge in [-0.25, -0.2) is 13.6 Å². The molecule has 7 heteroatoms. The second-order valence-corrected chi connectivity index (χ2v) is 7.49. The van der Waals surface area contributed by atoms with Gasteiger partial charge < -0.3 is 15.0 Å². The molecule has 1 saturated heterocycles. The molecule has 1 fully saturated rings. The first-order valence-electron chi connectivity index (χ1n) is 7.55. The van der Waals surface area contributed by atoms with Crippen LogP contribution in [0.1, 0.15) is 33.6 Å². The van der Waals surface area contributed by atoms with Crippen LogP contribution in [0.4, 0.5) is 19.3 Å². The SMILES string of the molecule is CC(C)(C)OC(=O)N1CCC(Nc2cc(F)c(Br)cc2F)CC1. The standard InChI is InChI=1S/C16H21BrF2N2O2/c1-16(2,3)23-15(22)21-6-4-10(5-7-21)20-14-9-12(18)11(17)8-13(14)19/h8-10,20H,4-7H2,1-3H3. The first kappa shape index (κ1) is 18.0. The number of piperidine rings is 1. The van der Waals surface area contributed by atoms with E-state index in [1.807, 2.05) is 20.8 Å². The lowest BCUT2D eigenvalue weighted by atomic mass is 10.0. The van der Waals surface area contributed by atoms with Gasteiger partial charge in [-0.15, -0.1) is 0 Å². The Morgan fingerprint density at radius 3 is 2.43 bits per heavy atom. The normalized spacial score (nSPS) is 16.3. The lowest BCUT2D eigenvalue weighted by Gasteiger charge is -2.34. The van der Waals surface area contributed by atoms with Crippen LogP contribution in [0.5, 0.6) is 0 Å². The van der Waals surface area contributed by atoms with E-state index in [-0.39, 0.29) is 22.3 Å². The molecule has 1 aromatic carbocycles.